The summed E-state index contributed by atoms with van der Waals surface area (Å²) in [6.45, 7) is 0. The number of aromatic nitrogens is 2. The molecule has 1 heterocycles. The monoisotopic (exact) mass is 281 g/mol. The van der Waals surface area contributed by atoms with Gasteiger partial charge in [-0.25, -0.2) is 9.97 Å². The molecule has 0 spiro atoms. The second kappa shape index (κ2) is 5.92. The first-order chi connectivity index (χ1) is 9.86. The van der Waals surface area contributed by atoms with E-state index in [0.29, 0.717) is 5.95 Å². The zero-order chi connectivity index (χ0) is 13.8. The van der Waals surface area contributed by atoms with Crippen molar-refractivity contribution in [2.75, 3.05) is 12.4 Å². The molecule has 3 aromatic rings. The summed E-state index contributed by atoms with van der Waals surface area (Å²) < 4.78 is 0. The van der Waals surface area contributed by atoms with Gasteiger partial charge < -0.3 is 5.32 Å². The smallest absolute Gasteiger partial charge is 0.224 e. The Bertz CT molecular complexity index is 713. The van der Waals surface area contributed by atoms with E-state index in [2.05, 4.69) is 45.6 Å². The minimum absolute atomic E-state index is 0.666. The second-order valence-electron chi connectivity index (χ2n) is 4.39. The molecule has 1 N–H and O–H groups in total. The van der Waals surface area contributed by atoms with Gasteiger partial charge in [0.25, 0.3) is 0 Å². The van der Waals surface area contributed by atoms with E-state index < -0.39 is 0 Å². The average molecular weight is 281 g/mol. The number of anilines is 1. The fraction of sp³-hybridized carbons (Fsp3) is 0.125. The zero-order valence-corrected chi connectivity index (χ0v) is 12.0. The first-order valence-electron chi connectivity index (χ1n) is 6.48. The molecule has 100 valence electrons. The Labute approximate surface area is 122 Å². The lowest BCUT2D eigenvalue weighted by atomic mass is 10.2. The number of hydrogen-bond donors (Lipinski definition) is 1. The van der Waals surface area contributed by atoms with Crippen molar-refractivity contribution in [1.82, 2.24) is 9.97 Å². The molecule has 4 heteroatoms. The van der Waals surface area contributed by atoms with E-state index >= 15 is 0 Å². The summed E-state index contributed by atoms with van der Waals surface area (Å²) in [7, 11) is 1.84. The van der Waals surface area contributed by atoms with Gasteiger partial charge in [-0.05, 0) is 11.6 Å². The molecule has 20 heavy (non-hydrogen) atoms. The number of nitrogens with one attached hydrogen (secondary N) is 1. The number of benzene rings is 2. The van der Waals surface area contributed by atoms with E-state index in [-0.39, 0.29) is 0 Å². The van der Waals surface area contributed by atoms with Crippen LogP contribution in [0.3, 0.4) is 0 Å². The van der Waals surface area contributed by atoms with Crippen molar-refractivity contribution in [3.8, 4) is 0 Å². The third kappa shape index (κ3) is 2.75. The lowest BCUT2D eigenvalue weighted by Crippen LogP contribution is -1.98. The van der Waals surface area contributed by atoms with Crippen LogP contribution in [-0.4, -0.2) is 17.0 Å². The van der Waals surface area contributed by atoms with E-state index in [1.165, 1.54) is 5.56 Å². The number of hydrogen-bond acceptors (Lipinski definition) is 4. The summed E-state index contributed by atoms with van der Waals surface area (Å²) in [5.74, 6) is 1.57. The third-order valence-corrected chi connectivity index (χ3v) is 4.07. The highest BCUT2D eigenvalue weighted by Gasteiger charge is 2.07. The van der Waals surface area contributed by atoms with E-state index in [0.717, 1.165) is 21.7 Å². The fourth-order valence-corrected chi connectivity index (χ4v) is 2.97. The lowest BCUT2D eigenvalue weighted by Gasteiger charge is -2.08. The first-order valence-corrected chi connectivity index (χ1v) is 7.46. The predicted octanol–water partition coefficient (Wildman–Crippen LogP) is 3.96. The van der Waals surface area contributed by atoms with Gasteiger partial charge in [0.05, 0.1) is 5.52 Å². The number of para-hydroxylation sites is 1. The van der Waals surface area contributed by atoms with Gasteiger partial charge in [-0.15, -0.1) is 11.8 Å². The second-order valence-corrected chi connectivity index (χ2v) is 5.36. The highest BCUT2D eigenvalue weighted by molar-refractivity contribution is 7.98. The van der Waals surface area contributed by atoms with Crippen LogP contribution in [0.1, 0.15) is 5.56 Å². The van der Waals surface area contributed by atoms with Crippen molar-refractivity contribution in [1.29, 1.82) is 0 Å². The molecule has 0 aliphatic heterocycles. The van der Waals surface area contributed by atoms with Crippen molar-refractivity contribution >= 4 is 28.6 Å². The SMILES string of the molecule is CNc1nc(SCc2ccccc2)c2ccccc2n1. The predicted molar refractivity (Wildman–Crippen MR) is 85.1 cm³/mol. The summed E-state index contributed by atoms with van der Waals surface area (Å²) in [5, 5.41) is 5.14. The first kappa shape index (κ1) is 12.9. The van der Waals surface area contributed by atoms with Gasteiger partial charge in [-0.1, -0.05) is 48.5 Å². The van der Waals surface area contributed by atoms with E-state index in [9.17, 15) is 0 Å². The highest BCUT2D eigenvalue weighted by atomic mass is 32.2. The molecular formula is C16H15N3S. The molecule has 3 rings (SSSR count). The minimum Gasteiger partial charge on any atom is -0.357 e. The molecule has 0 unspecified atom stereocenters. The van der Waals surface area contributed by atoms with Crippen LogP contribution in [0.2, 0.25) is 0 Å². The van der Waals surface area contributed by atoms with Gasteiger partial charge in [0, 0.05) is 18.2 Å². The molecule has 0 radical (unpaired) electrons. The van der Waals surface area contributed by atoms with Crippen molar-refractivity contribution in [2.45, 2.75) is 10.8 Å². The maximum absolute atomic E-state index is 4.58. The van der Waals surface area contributed by atoms with Crippen LogP contribution >= 0.6 is 11.8 Å². The van der Waals surface area contributed by atoms with Gasteiger partial charge in [0.15, 0.2) is 0 Å². The van der Waals surface area contributed by atoms with E-state index in [1.54, 1.807) is 11.8 Å². The molecule has 0 saturated heterocycles. The zero-order valence-electron chi connectivity index (χ0n) is 11.2. The minimum atomic E-state index is 0.666. The molecule has 0 amide bonds. The van der Waals surface area contributed by atoms with Crippen molar-refractivity contribution in [3.05, 3.63) is 60.2 Å². The van der Waals surface area contributed by atoms with Crippen LogP contribution in [0, 0.1) is 0 Å². The number of nitrogens with zero attached hydrogens (tertiary/aromatic N) is 2. The van der Waals surface area contributed by atoms with Gasteiger partial charge in [-0.3, -0.25) is 0 Å². The topological polar surface area (TPSA) is 37.8 Å². The summed E-state index contributed by atoms with van der Waals surface area (Å²) in [6, 6.07) is 18.5. The Hall–Kier alpha value is -2.07. The molecule has 0 bridgehead atoms. The van der Waals surface area contributed by atoms with Crippen LogP contribution in [0.25, 0.3) is 10.9 Å². The molecule has 3 nitrogen and oxygen atoms in total. The molecule has 0 fully saturated rings. The van der Waals surface area contributed by atoms with Crippen LogP contribution in [0.4, 0.5) is 5.95 Å². The van der Waals surface area contributed by atoms with Crippen LogP contribution in [0.15, 0.2) is 59.6 Å². The van der Waals surface area contributed by atoms with Gasteiger partial charge in [0.2, 0.25) is 5.95 Å². The van der Waals surface area contributed by atoms with Gasteiger partial charge >= 0.3 is 0 Å². The maximum atomic E-state index is 4.58. The Morgan fingerprint density at radius 3 is 2.50 bits per heavy atom. The lowest BCUT2D eigenvalue weighted by molar-refractivity contribution is 1.09. The van der Waals surface area contributed by atoms with Crippen LogP contribution < -0.4 is 5.32 Å². The molecule has 0 atom stereocenters. The Balaban J connectivity index is 1.93. The average Bonchev–Trinajstić information content (AvgIpc) is 2.53. The van der Waals surface area contributed by atoms with E-state index in [1.807, 2.05) is 31.3 Å². The van der Waals surface area contributed by atoms with Gasteiger partial charge in [-0.2, -0.15) is 0 Å². The third-order valence-electron chi connectivity index (χ3n) is 3.01. The van der Waals surface area contributed by atoms with Crippen LogP contribution in [-0.2, 0) is 5.75 Å². The largest absolute Gasteiger partial charge is 0.357 e. The Morgan fingerprint density at radius 1 is 0.950 bits per heavy atom. The maximum Gasteiger partial charge on any atom is 0.224 e. The normalized spacial score (nSPS) is 10.7. The molecule has 0 aliphatic carbocycles. The molecular weight excluding hydrogens is 266 g/mol. The number of thioether (sulfide) groups is 1. The molecule has 0 aliphatic rings. The van der Waals surface area contributed by atoms with Gasteiger partial charge in [0.1, 0.15) is 5.03 Å². The summed E-state index contributed by atoms with van der Waals surface area (Å²) >= 11 is 1.74. The summed E-state index contributed by atoms with van der Waals surface area (Å²) in [6.07, 6.45) is 0. The fourth-order valence-electron chi connectivity index (χ4n) is 2.00. The number of rotatable bonds is 4. The van der Waals surface area contributed by atoms with Crippen LogP contribution in [0.5, 0.6) is 0 Å². The van der Waals surface area contributed by atoms with Crippen molar-refractivity contribution in [3.63, 3.8) is 0 Å². The quantitative estimate of drug-likeness (QED) is 0.580. The highest BCUT2D eigenvalue weighted by Crippen LogP contribution is 2.28. The Kier molecular flexibility index (Phi) is 3.83. The molecule has 1 aromatic heterocycles. The molecule has 0 saturated carbocycles. The Morgan fingerprint density at radius 2 is 1.70 bits per heavy atom. The van der Waals surface area contributed by atoms with Crippen molar-refractivity contribution in [2.24, 2.45) is 0 Å². The standard InChI is InChI=1S/C16H15N3S/c1-17-16-18-14-10-6-5-9-13(14)15(19-16)20-11-12-7-3-2-4-8-12/h2-10H,11H2,1H3,(H,17,18,19). The van der Waals surface area contributed by atoms with Crippen molar-refractivity contribution < 1.29 is 0 Å². The summed E-state index contributed by atoms with van der Waals surface area (Å²) in [5.41, 5.74) is 2.27. The van der Waals surface area contributed by atoms with E-state index in [4.69, 9.17) is 0 Å². The molecule has 2 aromatic carbocycles. The summed E-state index contributed by atoms with van der Waals surface area (Å²) in [4.78, 5) is 9.05. The number of fused-ring (bicyclic) bond motifs is 1.